The number of benzene rings is 1. The molecule has 1 amide bonds. The van der Waals surface area contributed by atoms with Crippen LogP contribution in [-0.4, -0.2) is 42.8 Å². The van der Waals surface area contributed by atoms with Crippen LogP contribution in [0.1, 0.15) is 27.2 Å². The largest absolute Gasteiger partial charge is 0.354 e. The maximum atomic E-state index is 13.0. The number of fused-ring (bicyclic) bond motifs is 1. The first kappa shape index (κ1) is 15.5. The van der Waals surface area contributed by atoms with Gasteiger partial charge in [0.25, 0.3) is 0 Å². The second kappa shape index (κ2) is 5.06. The average Bonchev–Trinajstić information content (AvgIpc) is 2.96. The maximum absolute atomic E-state index is 13.0. The first-order chi connectivity index (χ1) is 10.3. The molecular weight excluding hydrogens is 302 g/mol. The van der Waals surface area contributed by atoms with Crippen molar-refractivity contribution < 1.29 is 17.9 Å². The van der Waals surface area contributed by atoms with Crippen LogP contribution in [-0.2, 0) is 19.4 Å². The normalized spacial score (nSPS) is 30.6. The standard InChI is InChI=1S/C16H21NO4S/c1-4-12-13-10-21-16(2,3)17(13)15(18)14(12)22(19,20)11-8-6-5-7-9-11/h5-9,12-14H,4,10H2,1-3H3/t12-,13-,14+/m0/s1. The van der Waals surface area contributed by atoms with E-state index in [1.807, 2.05) is 20.8 Å². The number of carbonyl (C=O) groups is 1. The summed E-state index contributed by atoms with van der Waals surface area (Å²) in [7, 11) is -3.69. The van der Waals surface area contributed by atoms with Crippen molar-refractivity contribution >= 4 is 15.7 Å². The summed E-state index contributed by atoms with van der Waals surface area (Å²) < 4.78 is 31.6. The van der Waals surface area contributed by atoms with Crippen molar-refractivity contribution in [2.75, 3.05) is 6.61 Å². The molecule has 0 unspecified atom stereocenters. The molecule has 3 atom stereocenters. The smallest absolute Gasteiger partial charge is 0.244 e. The molecule has 6 heteroatoms. The molecular formula is C16H21NO4S. The van der Waals surface area contributed by atoms with Gasteiger partial charge in [-0.1, -0.05) is 25.1 Å². The minimum atomic E-state index is -3.69. The van der Waals surface area contributed by atoms with Crippen LogP contribution in [0.4, 0.5) is 0 Å². The van der Waals surface area contributed by atoms with Crippen molar-refractivity contribution in [2.24, 2.45) is 5.92 Å². The maximum Gasteiger partial charge on any atom is 0.244 e. The van der Waals surface area contributed by atoms with Crippen molar-refractivity contribution in [3.8, 4) is 0 Å². The van der Waals surface area contributed by atoms with Gasteiger partial charge in [-0.2, -0.15) is 0 Å². The minimum absolute atomic E-state index is 0.156. The summed E-state index contributed by atoms with van der Waals surface area (Å²) in [6.45, 7) is 5.96. The second-order valence-corrected chi connectivity index (χ2v) is 8.45. The fourth-order valence-corrected chi connectivity index (χ4v) is 5.75. The van der Waals surface area contributed by atoms with Crippen LogP contribution in [0, 0.1) is 5.92 Å². The molecule has 0 saturated carbocycles. The zero-order valence-corrected chi connectivity index (χ0v) is 13.8. The van der Waals surface area contributed by atoms with Crippen molar-refractivity contribution in [2.45, 2.75) is 49.1 Å². The molecule has 2 fully saturated rings. The summed E-state index contributed by atoms with van der Waals surface area (Å²) in [6.07, 6.45) is 0.628. The van der Waals surface area contributed by atoms with Crippen LogP contribution >= 0.6 is 0 Å². The minimum Gasteiger partial charge on any atom is -0.354 e. The van der Waals surface area contributed by atoms with E-state index < -0.39 is 20.8 Å². The Morgan fingerprint density at radius 1 is 1.27 bits per heavy atom. The molecule has 0 aromatic heterocycles. The quantitative estimate of drug-likeness (QED) is 0.851. The Kier molecular flexibility index (Phi) is 3.57. The third kappa shape index (κ3) is 2.08. The monoisotopic (exact) mass is 323 g/mol. The lowest BCUT2D eigenvalue weighted by Crippen LogP contribution is -2.46. The Bertz CT molecular complexity index is 683. The van der Waals surface area contributed by atoms with Crippen LogP contribution < -0.4 is 0 Å². The van der Waals surface area contributed by atoms with Gasteiger partial charge in [-0.05, 0) is 32.4 Å². The SMILES string of the molecule is CC[C@H]1[C@@H]2COC(C)(C)N2C(=O)[C@@H]1S(=O)(=O)c1ccccc1. The van der Waals surface area contributed by atoms with E-state index in [-0.39, 0.29) is 22.8 Å². The third-order valence-electron chi connectivity index (χ3n) is 4.76. The Hall–Kier alpha value is -1.40. The highest BCUT2D eigenvalue weighted by Crippen LogP contribution is 2.43. The molecule has 0 bridgehead atoms. The van der Waals surface area contributed by atoms with Gasteiger partial charge in [0.2, 0.25) is 5.91 Å². The summed E-state index contributed by atoms with van der Waals surface area (Å²) in [5.74, 6) is -0.567. The predicted molar refractivity (Wildman–Crippen MR) is 81.9 cm³/mol. The number of hydrogen-bond acceptors (Lipinski definition) is 4. The van der Waals surface area contributed by atoms with Crippen molar-refractivity contribution in [3.63, 3.8) is 0 Å². The number of nitrogens with zero attached hydrogens (tertiary/aromatic N) is 1. The van der Waals surface area contributed by atoms with Gasteiger partial charge in [0.15, 0.2) is 9.84 Å². The van der Waals surface area contributed by atoms with Gasteiger partial charge in [0, 0.05) is 5.92 Å². The average molecular weight is 323 g/mol. The van der Waals surface area contributed by atoms with E-state index in [1.165, 1.54) is 0 Å². The van der Waals surface area contributed by atoms with Gasteiger partial charge in [-0.3, -0.25) is 4.79 Å². The first-order valence-corrected chi connectivity index (χ1v) is 9.11. The highest BCUT2D eigenvalue weighted by Gasteiger charge is 2.60. The number of ether oxygens (including phenoxy) is 1. The van der Waals surface area contributed by atoms with Crippen LogP contribution in [0.5, 0.6) is 0 Å². The Morgan fingerprint density at radius 3 is 2.50 bits per heavy atom. The molecule has 2 aliphatic heterocycles. The van der Waals surface area contributed by atoms with E-state index in [0.29, 0.717) is 13.0 Å². The summed E-state index contributed by atoms with van der Waals surface area (Å²) >= 11 is 0. The van der Waals surface area contributed by atoms with Gasteiger partial charge >= 0.3 is 0 Å². The summed E-state index contributed by atoms with van der Waals surface area (Å²) in [6, 6.07) is 8.09. The molecule has 0 N–H and O–H groups in total. The van der Waals surface area contributed by atoms with Crippen molar-refractivity contribution in [1.29, 1.82) is 0 Å². The number of rotatable bonds is 3. The molecule has 22 heavy (non-hydrogen) atoms. The van der Waals surface area contributed by atoms with E-state index in [2.05, 4.69) is 0 Å². The first-order valence-electron chi connectivity index (χ1n) is 7.57. The van der Waals surface area contributed by atoms with Crippen molar-refractivity contribution in [3.05, 3.63) is 30.3 Å². The van der Waals surface area contributed by atoms with E-state index in [0.717, 1.165) is 0 Å². The third-order valence-corrected chi connectivity index (χ3v) is 6.91. The van der Waals surface area contributed by atoms with Crippen LogP contribution in [0.25, 0.3) is 0 Å². The second-order valence-electron chi connectivity index (χ2n) is 6.38. The fraction of sp³-hybridized carbons (Fsp3) is 0.562. The summed E-state index contributed by atoms with van der Waals surface area (Å²) in [5.41, 5.74) is -0.740. The zero-order valence-electron chi connectivity index (χ0n) is 13.0. The molecule has 1 aromatic rings. The van der Waals surface area contributed by atoms with E-state index in [4.69, 9.17) is 4.74 Å². The molecule has 0 spiro atoms. The van der Waals surface area contributed by atoms with Crippen molar-refractivity contribution in [1.82, 2.24) is 4.90 Å². The van der Waals surface area contributed by atoms with Crippen LogP contribution in [0.2, 0.25) is 0 Å². The lowest BCUT2D eigenvalue weighted by atomic mass is 9.98. The topological polar surface area (TPSA) is 63.7 Å². The lowest BCUT2D eigenvalue weighted by molar-refractivity contribution is -0.141. The predicted octanol–water partition coefficient (Wildman–Crippen LogP) is 1.83. The Balaban J connectivity index is 2.06. The molecule has 120 valence electrons. The molecule has 1 aromatic carbocycles. The zero-order chi connectivity index (χ0) is 16.1. The molecule has 3 rings (SSSR count). The number of amides is 1. The van der Waals surface area contributed by atoms with E-state index in [1.54, 1.807) is 35.2 Å². The van der Waals surface area contributed by atoms with Gasteiger partial charge in [0.1, 0.15) is 11.0 Å². The van der Waals surface area contributed by atoms with Gasteiger partial charge in [0.05, 0.1) is 17.5 Å². The fourth-order valence-electron chi connectivity index (χ4n) is 3.70. The lowest BCUT2D eigenvalue weighted by Gasteiger charge is -2.29. The Labute approximate surface area is 131 Å². The molecule has 0 aliphatic carbocycles. The van der Waals surface area contributed by atoms with Gasteiger partial charge in [-0.15, -0.1) is 0 Å². The van der Waals surface area contributed by atoms with E-state index >= 15 is 0 Å². The highest BCUT2D eigenvalue weighted by molar-refractivity contribution is 7.92. The molecule has 5 nitrogen and oxygen atoms in total. The molecule has 0 radical (unpaired) electrons. The van der Waals surface area contributed by atoms with E-state index in [9.17, 15) is 13.2 Å². The van der Waals surface area contributed by atoms with Gasteiger partial charge < -0.3 is 9.64 Å². The van der Waals surface area contributed by atoms with Crippen LogP contribution in [0.3, 0.4) is 0 Å². The summed E-state index contributed by atoms with van der Waals surface area (Å²) in [5, 5.41) is -1.01. The highest BCUT2D eigenvalue weighted by atomic mass is 32.2. The Morgan fingerprint density at radius 2 is 1.91 bits per heavy atom. The van der Waals surface area contributed by atoms with Gasteiger partial charge in [-0.25, -0.2) is 8.42 Å². The summed E-state index contributed by atoms with van der Waals surface area (Å²) in [4.78, 5) is 14.7. The number of carbonyl (C=O) groups excluding carboxylic acids is 1. The molecule has 2 aliphatic rings. The molecule has 2 heterocycles. The number of hydrogen-bond donors (Lipinski definition) is 0. The number of sulfone groups is 1. The van der Waals surface area contributed by atoms with Crippen LogP contribution in [0.15, 0.2) is 35.2 Å². The molecule has 2 saturated heterocycles.